The molecule has 4 nitrogen and oxygen atoms in total. The summed E-state index contributed by atoms with van der Waals surface area (Å²) in [4.78, 5) is 0. The lowest BCUT2D eigenvalue weighted by atomic mass is 9.84. The van der Waals surface area contributed by atoms with Gasteiger partial charge in [0.2, 0.25) is 0 Å². The lowest BCUT2D eigenvalue weighted by Crippen LogP contribution is -2.24. The van der Waals surface area contributed by atoms with Crippen LogP contribution in [0.15, 0.2) is 48.5 Å². The number of benzene rings is 2. The van der Waals surface area contributed by atoms with Gasteiger partial charge in [-0.15, -0.1) is 0 Å². The summed E-state index contributed by atoms with van der Waals surface area (Å²) >= 11 is 0. The summed E-state index contributed by atoms with van der Waals surface area (Å²) in [5.41, 5.74) is 8.09. The Hall–Kier alpha value is -2.51. The molecule has 0 aliphatic heterocycles. The van der Waals surface area contributed by atoms with Crippen LogP contribution in [-0.2, 0) is 0 Å². The smallest absolute Gasteiger partial charge is 0.178 e. The Labute approximate surface area is 143 Å². The minimum Gasteiger partial charge on any atom is -0.457 e. The Morgan fingerprint density at radius 1 is 0.958 bits per heavy atom. The van der Waals surface area contributed by atoms with Crippen LogP contribution >= 0.6 is 0 Å². The summed E-state index contributed by atoms with van der Waals surface area (Å²) in [7, 11) is 0. The van der Waals surface area contributed by atoms with Crippen molar-refractivity contribution in [1.29, 1.82) is 5.26 Å². The van der Waals surface area contributed by atoms with E-state index in [2.05, 4.69) is 17.4 Å². The van der Waals surface area contributed by atoms with E-state index in [4.69, 9.17) is 15.7 Å². The molecule has 1 atom stereocenters. The van der Waals surface area contributed by atoms with E-state index in [0.29, 0.717) is 5.92 Å². The van der Waals surface area contributed by atoms with E-state index in [0.717, 1.165) is 17.1 Å². The van der Waals surface area contributed by atoms with Crippen LogP contribution in [0.5, 0.6) is 11.5 Å². The molecule has 3 rings (SSSR count). The van der Waals surface area contributed by atoms with Gasteiger partial charge in [-0.1, -0.05) is 43.5 Å². The highest BCUT2D eigenvalue weighted by atomic mass is 16.5. The number of nitrogens with one attached hydrogen (secondary N) is 1. The van der Waals surface area contributed by atoms with E-state index in [-0.39, 0.29) is 0 Å². The average Bonchev–Trinajstić information content (AvgIpc) is 2.64. The first-order valence-electron chi connectivity index (χ1n) is 8.54. The maximum absolute atomic E-state index is 8.60. The lowest BCUT2D eigenvalue weighted by molar-refractivity contribution is 0.442. The molecular weight excluding hydrogens is 298 g/mol. The third kappa shape index (κ3) is 4.06. The number of nitrogens with zero attached hydrogens (tertiary/aromatic N) is 1. The van der Waals surface area contributed by atoms with Crippen molar-refractivity contribution in [2.75, 3.05) is 0 Å². The number of hydrogen-bond acceptors (Lipinski definition) is 4. The normalized spacial score (nSPS) is 16.2. The van der Waals surface area contributed by atoms with Gasteiger partial charge in [0.1, 0.15) is 17.7 Å². The van der Waals surface area contributed by atoms with Crippen LogP contribution in [-0.4, -0.2) is 0 Å². The second kappa shape index (κ2) is 7.85. The molecule has 0 aromatic heterocycles. The summed E-state index contributed by atoms with van der Waals surface area (Å²) in [5.74, 6) is 2.30. The molecular formula is C20H23N3O. The van der Waals surface area contributed by atoms with Crippen LogP contribution in [0.4, 0.5) is 0 Å². The summed E-state index contributed by atoms with van der Waals surface area (Å²) < 4.78 is 5.89. The van der Waals surface area contributed by atoms with Gasteiger partial charge in [0.15, 0.2) is 6.19 Å². The molecule has 2 aromatic rings. The van der Waals surface area contributed by atoms with E-state index in [1.165, 1.54) is 37.7 Å². The molecule has 0 radical (unpaired) electrons. The van der Waals surface area contributed by atoms with E-state index in [1.54, 1.807) is 0 Å². The van der Waals surface area contributed by atoms with Crippen molar-refractivity contribution in [3.63, 3.8) is 0 Å². The molecule has 24 heavy (non-hydrogen) atoms. The number of rotatable bonds is 5. The molecule has 1 aliphatic rings. The van der Waals surface area contributed by atoms with Gasteiger partial charge in [-0.25, -0.2) is 0 Å². The van der Waals surface area contributed by atoms with E-state index >= 15 is 0 Å². The Morgan fingerprint density at radius 2 is 1.54 bits per heavy atom. The van der Waals surface area contributed by atoms with Crippen LogP contribution in [0.2, 0.25) is 0 Å². The Balaban J connectivity index is 1.62. The molecule has 2 aromatic carbocycles. The summed E-state index contributed by atoms with van der Waals surface area (Å²) in [5, 5.41) is 11.1. The highest BCUT2D eigenvalue weighted by molar-refractivity contribution is 5.36. The SMILES string of the molecule is N#CNC(N)c1ccc(Oc2ccc(C3CCCCC3)cc2)cc1. The van der Waals surface area contributed by atoms with Crippen LogP contribution in [0.3, 0.4) is 0 Å². The zero-order valence-electron chi connectivity index (χ0n) is 13.7. The largest absolute Gasteiger partial charge is 0.457 e. The molecule has 0 amide bonds. The fraction of sp³-hybridized carbons (Fsp3) is 0.350. The fourth-order valence-electron chi connectivity index (χ4n) is 3.28. The first-order valence-corrected chi connectivity index (χ1v) is 8.54. The van der Waals surface area contributed by atoms with Crippen molar-refractivity contribution in [1.82, 2.24) is 5.32 Å². The number of nitrogens with two attached hydrogens (primary N) is 1. The highest BCUT2D eigenvalue weighted by Gasteiger charge is 2.15. The number of nitriles is 1. The standard InChI is InChI=1S/C20H23N3O/c21-14-23-20(22)17-8-12-19(13-9-17)24-18-10-6-16(7-11-18)15-4-2-1-3-5-15/h6-13,15,20,23H,1-5,22H2. The molecule has 1 saturated carbocycles. The zero-order chi connectivity index (χ0) is 16.8. The number of hydrogen-bond donors (Lipinski definition) is 2. The molecule has 0 bridgehead atoms. The van der Waals surface area contributed by atoms with Crippen LogP contribution in [0.25, 0.3) is 0 Å². The third-order valence-electron chi connectivity index (χ3n) is 4.65. The summed E-state index contributed by atoms with van der Waals surface area (Å²) in [6.45, 7) is 0. The Kier molecular flexibility index (Phi) is 5.35. The molecule has 0 heterocycles. The topological polar surface area (TPSA) is 71.1 Å². The lowest BCUT2D eigenvalue weighted by Gasteiger charge is -2.22. The van der Waals surface area contributed by atoms with Crippen LogP contribution < -0.4 is 15.8 Å². The third-order valence-corrected chi connectivity index (χ3v) is 4.65. The molecule has 0 saturated heterocycles. The van der Waals surface area contributed by atoms with Crippen molar-refractivity contribution in [2.24, 2.45) is 5.73 Å². The van der Waals surface area contributed by atoms with Crippen molar-refractivity contribution < 1.29 is 4.74 Å². The van der Waals surface area contributed by atoms with Gasteiger partial charge in [-0.3, -0.25) is 0 Å². The van der Waals surface area contributed by atoms with Gasteiger partial charge in [0.05, 0.1) is 0 Å². The molecule has 1 unspecified atom stereocenters. The van der Waals surface area contributed by atoms with Crippen molar-refractivity contribution >= 4 is 0 Å². The minimum absolute atomic E-state index is 0.487. The van der Waals surface area contributed by atoms with Gasteiger partial charge < -0.3 is 15.8 Å². The molecule has 0 spiro atoms. The molecule has 1 aliphatic carbocycles. The summed E-state index contributed by atoms with van der Waals surface area (Å²) in [6.07, 6.45) is 8.03. The van der Waals surface area contributed by atoms with Gasteiger partial charge in [0, 0.05) is 0 Å². The predicted octanol–water partition coefficient (Wildman–Crippen LogP) is 4.55. The Bertz CT molecular complexity index is 682. The highest BCUT2D eigenvalue weighted by Crippen LogP contribution is 2.33. The van der Waals surface area contributed by atoms with Gasteiger partial charge >= 0.3 is 0 Å². The monoisotopic (exact) mass is 321 g/mol. The maximum Gasteiger partial charge on any atom is 0.178 e. The first kappa shape index (κ1) is 16.4. The molecule has 3 N–H and O–H groups in total. The van der Waals surface area contributed by atoms with Gasteiger partial charge in [0.25, 0.3) is 0 Å². The second-order valence-electron chi connectivity index (χ2n) is 6.31. The quantitative estimate of drug-likeness (QED) is 0.481. The van der Waals surface area contributed by atoms with E-state index in [9.17, 15) is 0 Å². The number of ether oxygens (including phenoxy) is 1. The molecule has 4 heteroatoms. The van der Waals surface area contributed by atoms with Crippen molar-refractivity contribution in [3.8, 4) is 17.7 Å². The van der Waals surface area contributed by atoms with Crippen molar-refractivity contribution in [3.05, 3.63) is 59.7 Å². The van der Waals surface area contributed by atoms with Crippen LogP contribution in [0.1, 0.15) is 55.3 Å². The van der Waals surface area contributed by atoms with E-state index < -0.39 is 6.17 Å². The van der Waals surface area contributed by atoms with Crippen LogP contribution in [0, 0.1) is 11.5 Å². The first-order chi connectivity index (χ1) is 11.8. The Morgan fingerprint density at radius 3 is 2.12 bits per heavy atom. The van der Waals surface area contributed by atoms with Gasteiger partial charge in [-0.05, 0) is 54.2 Å². The zero-order valence-corrected chi connectivity index (χ0v) is 13.7. The molecule has 124 valence electrons. The van der Waals surface area contributed by atoms with Gasteiger partial charge in [-0.2, -0.15) is 5.26 Å². The average molecular weight is 321 g/mol. The second-order valence-corrected chi connectivity index (χ2v) is 6.31. The summed E-state index contributed by atoms with van der Waals surface area (Å²) in [6, 6.07) is 15.9. The van der Waals surface area contributed by atoms with E-state index in [1.807, 2.05) is 42.6 Å². The minimum atomic E-state index is -0.487. The van der Waals surface area contributed by atoms with Crippen molar-refractivity contribution in [2.45, 2.75) is 44.2 Å². The molecule has 1 fully saturated rings. The maximum atomic E-state index is 8.60. The predicted molar refractivity (Wildman–Crippen MR) is 94.5 cm³/mol. The fourth-order valence-corrected chi connectivity index (χ4v) is 3.28.